The van der Waals surface area contributed by atoms with Crippen molar-refractivity contribution in [3.8, 4) is 11.5 Å². The molecule has 1 atom stereocenters. The fourth-order valence-electron chi connectivity index (χ4n) is 5.87. The largest absolute Gasteiger partial charge is 0.493 e. The summed E-state index contributed by atoms with van der Waals surface area (Å²) in [4.78, 5) is 49.4. The van der Waals surface area contributed by atoms with Gasteiger partial charge in [-0.3, -0.25) is 14.2 Å². The lowest BCUT2D eigenvalue weighted by atomic mass is 9.93. The van der Waals surface area contributed by atoms with Crippen LogP contribution in [-0.2, 0) is 14.3 Å². The first-order valence-electron chi connectivity index (χ1n) is 14.9. The van der Waals surface area contributed by atoms with Gasteiger partial charge in [-0.05, 0) is 37.1 Å². The number of thiazole rings is 1. The van der Waals surface area contributed by atoms with Crippen molar-refractivity contribution in [2.75, 3.05) is 32.3 Å². The molecule has 0 spiro atoms. The Bertz CT molecular complexity index is 2010. The molecule has 1 amide bonds. The third-order valence-corrected chi connectivity index (χ3v) is 9.01. The van der Waals surface area contributed by atoms with Gasteiger partial charge in [0.25, 0.3) is 11.5 Å². The van der Waals surface area contributed by atoms with Crippen molar-refractivity contribution >= 4 is 40.2 Å². The summed E-state index contributed by atoms with van der Waals surface area (Å²) in [7, 11) is 3.07. The molecule has 6 rings (SSSR count). The van der Waals surface area contributed by atoms with Crippen molar-refractivity contribution in [3.05, 3.63) is 115 Å². The van der Waals surface area contributed by atoms with Crippen LogP contribution >= 0.6 is 11.3 Å². The van der Waals surface area contributed by atoms with E-state index in [1.54, 1.807) is 37.1 Å². The molecule has 0 bridgehead atoms. The summed E-state index contributed by atoms with van der Waals surface area (Å²) in [6, 6.07) is 21.2. The van der Waals surface area contributed by atoms with Gasteiger partial charge in [0.15, 0.2) is 16.3 Å². The SMILES string of the molecule is CCCCN1C(=O)/C(=c2/sc3n(c2=O)[C@@H](c2ccc(OC)c(OC)c2)C(C(=O)OCC)=C(c2ccccc2)N=3)c2ccccc21. The van der Waals surface area contributed by atoms with Gasteiger partial charge in [-0.2, -0.15) is 0 Å². The number of fused-ring (bicyclic) bond motifs is 2. The fraction of sp³-hybridized carbons (Fsp3) is 0.257. The number of para-hydroxylation sites is 1. The average molecular weight is 624 g/mol. The maximum atomic E-state index is 14.6. The highest BCUT2D eigenvalue weighted by atomic mass is 32.1. The third kappa shape index (κ3) is 5.14. The van der Waals surface area contributed by atoms with E-state index in [1.807, 2.05) is 54.6 Å². The first kappa shape index (κ1) is 30.1. The van der Waals surface area contributed by atoms with E-state index in [1.165, 1.54) is 11.7 Å². The molecule has 45 heavy (non-hydrogen) atoms. The third-order valence-electron chi connectivity index (χ3n) is 7.96. The minimum atomic E-state index is -0.924. The number of aromatic nitrogens is 1. The van der Waals surface area contributed by atoms with Crippen molar-refractivity contribution in [2.45, 2.75) is 32.7 Å². The number of hydrogen-bond donors (Lipinski definition) is 0. The van der Waals surface area contributed by atoms with Crippen LogP contribution in [0.4, 0.5) is 5.69 Å². The Hall–Kier alpha value is -4.96. The minimum absolute atomic E-state index is 0.135. The van der Waals surface area contributed by atoms with Gasteiger partial charge in [-0.15, -0.1) is 0 Å². The quantitative estimate of drug-likeness (QED) is 0.255. The Morgan fingerprint density at radius 3 is 2.38 bits per heavy atom. The van der Waals surface area contributed by atoms with Crippen molar-refractivity contribution in [2.24, 2.45) is 4.99 Å². The first-order chi connectivity index (χ1) is 21.9. The Kier molecular flexibility index (Phi) is 8.40. The molecule has 1 aromatic heterocycles. The molecule has 3 aromatic carbocycles. The lowest BCUT2D eigenvalue weighted by Gasteiger charge is -2.26. The van der Waals surface area contributed by atoms with Crippen LogP contribution in [0.2, 0.25) is 0 Å². The maximum absolute atomic E-state index is 14.6. The standard InChI is InChI=1S/C35H33N3O6S/c1-5-7-19-37-24-16-12-11-15-23(24)27(32(37)39)31-33(40)38-30(22-17-18-25(42-3)26(20-22)43-4)28(34(41)44-6-2)29(36-35(38)45-31)21-13-9-8-10-14-21/h8-18,20,30H,5-7,19H2,1-4H3/b31-27+/t30-/m0/s1. The molecule has 10 heteroatoms. The van der Waals surface area contributed by atoms with E-state index in [-0.39, 0.29) is 22.6 Å². The number of rotatable bonds is 9. The van der Waals surface area contributed by atoms with E-state index in [2.05, 4.69) is 6.92 Å². The van der Waals surface area contributed by atoms with Crippen molar-refractivity contribution in [1.82, 2.24) is 4.57 Å². The molecule has 0 radical (unpaired) electrons. The second kappa shape index (κ2) is 12.6. The molecule has 230 valence electrons. The number of amides is 1. The van der Waals surface area contributed by atoms with Crippen LogP contribution in [0.3, 0.4) is 0 Å². The minimum Gasteiger partial charge on any atom is -0.493 e. The molecule has 2 aliphatic heterocycles. The van der Waals surface area contributed by atoms with Crippen molar-refractivity contribution in [3.63, 3.8) is 0 Å². The van der Waals surface area contributed by atoms with Gasteiger partial charge in [0.2, 0.25) is 0 Å². The first-order valence-corrected chi connectivity index (χ1v) is 15.7. The highest BCUT2D eigenvalue weighted by Gasteiger charge is 2.38. The zero-order valence-electron chi connectivity index (χ0n) is 25.5. The van der Waals surface area contributed by atoms with Crippen LogP contribution in [0.15, 0.2) is 88.2 Å². The zero-order chi connectivity index (χ0) is 31.7. The van der Waals surface area contributed by atoms with E-state index in [4.69, 9.17) is 19.2 Å². The van der Waals surface area contributed by atoms with Gasteiger partial charge >= 0.3 is 5.97 Å². The van der Waals surface area contributed by atoms with Crippen LogP contribution in [-0.4, -0.2) is 43.8 Å². The Morgan fingerprint density at radius 2 is 1.67 bits per heavy atom. The number of carbonyl (C=O) groups is 2. The van der Waals surface area contributed by atoms with Gasteiger partial charge in [0.05, 0.1) is 49.4 Å². The van der Waals surface area contributed by atoms with E-state index in [0.717, 1.165) is 29.9 Å². The predicted molar refractivity (Wildman–Crippen MR) is 173 cm³/mol. The molecule has 4 aromatic rings. The Labute approximate surface area is 264 Å². The molecule has 0 fully saturated rings. The van der Waals surface area contributed by atoms with Gasteiger partial charge in [0.1, 0.15) is 4.53 Å². The molecule has 0 unspecified atom stereocenters. The summed E-state index contributed by atoms with van der Waals surface area (Å²) in [6.45, 7) is 4.49. The summed E-state index contributed by atoms with van der Waals surface area (Å²) in [6.07, 6.45) is 1.75. The normalized spacial score (nSPS) is 16.7. The molecule has 2 aliphatic rings. The fourth-order valence-corrected chi connectivity index (χ4v) is 6.96. The summed E-state index contributed by atoms with van der Waals surface area (Å²) in [5.41, 5.74) is 3.32. The van der Waals surface area contributed by atoms with E-state index in [0.29, 0.717) is 50.8 Å². The summed E-state index contributed by atoms with van der Waals surface area (Å²) >= 11 is 1.15. The molecule has 3 heterocycles. The average Bonchev–Trinajstić information content (AvgIpc) is 3.54. The van der Waals surface area contributed by atoms with Gasteiger partial charge < -0.3 is 19.1 Å². The number of benzene rings is 3. The predicted octanol–water partition coefficient (Wildman–Crippen LogP) is 4.47. The molecule has 0 N–H and O–H groups in total. The topological polar surface area (TPSA) is 99.4 Å². The lowest BCUT2D eigenvalue weighted by Crippen LogP contribution is -2.41. The molecule has 0 aliphatic carbocycles. The summed E-state index contributed by atoms with van der Waals surface area (Å²) < 4.78 is 18.4. The Morgan fingerprint density at radius 1 is 0.933 bits per heavy atom. The number of esters is 1. The van der Waals surface area contributed by atoms with E-state index in [9.17, 15) is 14.4 Å². The van der Waals surface area contributed by atoms with Gasteiger partial charge in [-0.25, -0.2) is 9.79 Å². The number of nitrogens with zero attached hydrogens (tertiary/aromatic N) is 3. The smallest absolute Gasteiger partial charge is 0.338 e. The van der Waals surface area contributed by atoms with E-state index < -0.39 is 17.6 Å². The number of anilines is 1. The molecule has 9 nitrogen and oxygen atoms in total. The van der Waals surface area contributed by atoms with Crippen molar-refractivity contribution < 1.29 is 23.8 Å². The second-order valence-electron chi connectivity index (χ2n) is 10.6. The van der Waals surface area contributed by atoms with Gasteiger partial charge in [-0.1, -0.05) is 79.3 Å². The van der Waals surface area contributed by atoms with Crippen LogP contribution in [0.25, 0.3) is 11.3 Å². The maximum Gasteiger partial charge on any atom is 0.338 e. The molecular weight excluding hydrogens is 590 g/mol. The number of unbranched alkanes of at least 4 members (excludes halogenated alkanes) is 1. The number of carbonyl (C=O) groups excluding carboxylic acids is 2. The van der Waals surface area contributed by atoms with Crippen LogP contribution in [0, 0.1) is 0 Å². The molecular formula is C35H33N3O6S. The van der Waals surface area contributed by atoms with E-state index >= 15 is 0 Å². The molecule has 0 saturated heterocycles. The van der Waals surface area contributed by atoms with Crippen molar-refractivity contribution in [1.29, 1.82) is 0 Å². The number of hydrogen-bond acceptors (Lipinski definition) is 8. The number of ether oxygens (including phenoxy) is 3. The molecule has 0 saturated carbocycles. The second-order valence-corrected chi connectivity index (χ2v) is 11.5. The van der Waals surface area contributed by atoms with Crippen LogP contribution in [0.1, 0.15) is 49.4 Å². The van der Waals surface area contributed by atoms with Crippen LogP contribution in [0.5, 0.6) is 11.5 Å². The summed E-state index contributed by atoms with van der Waals surface area (Å²) in [5.74, 6) is 0.130. The zero-order valence-corrected chi connectivity index (χ0v) is 26.3. The highest BCUT2D eigenvalue weighted by molar-refractivity contribution is 7.07. The Balaban J connectivity index is 1.69. The highest BCUT2D eigenvalue weighted by Crippen LogP contribution is 2.39. The van der Waals surface area contributed by atoms with Crippen LogP contribution < -0.4 is 29.3 Å². The monoisotopic (exact) mass is 623 g/mol. The van der Waals surface area contributed by atoms with Gasteiger partial charge in [0, 0.05) is 17.7 Å². The summed E-state index contributed by atoms with van der Waals surface area (Å²) in [5, 5.41) is 0. The number of methoxy groups -OCH3 is 2. The lowest BCUT2D eigenvalue weighted by molar-refractivity contribution is -0.138.